The molecule has 7 heteroatoms. The highest BCUT2D eigenvalue weighted by molar-refractivity contribution is 6.09. The number of benzene rings is 1. The van der Waals surface area contributed by atoms with E-state index in [1.807, 2.05) is 44.8 Å². The first kappa shape index (κ1) is 21.7. The third-order valence-electron chi connectivity index (χ3n) is 5.07. The quantitative estimate of drug-likeness (QED) is 0.542. The van der Waals surface area contributed by atoms with Crippen LogP contribution in [-0.2, 0) is 16.1 Å². The smallest absolute Gasteiger partial charge is 0.407 e. The van der Waals surface area contributed by atoms with Gasteiger partial charge in [0.2, 0.25) is 0 Å². The Kier molecular flexibility index (Phi) is 6.70. The molecule has 0 spiro atoms. The number of unbranched alkanes of at least 4 members (excludes halogenated alkanes) is 1. The van der Waals surface area contributed by atoms with Crippen LogP contribution in [0.2, 0.25) is 0 Å². The Morgan fingerprint density at radius 2 is 2.17 bits per heavy atom. The van der Waals surface area contributed by atoms with Crippen molar-refractivity contribution in [3.05, 3.63) is 46.7 Å². The van der Waals surface area contributed by atoms with Gasteiger partial charge in [0.25, 0.3) is 0 Å². The fraction of sp³-hybridized carbons (Fsp3) is 0.478. The minimum atomic E-state index is -0.517. The van der Waals surface area contributed by atoms with E-state index in [1.54, 1.807) is 6.34 Å². The molecule has 0 saturated carbocycles. The molecule has 160 valence electrons. The lowest BCUT2D eigenvalue weighted by atomic mass is 9.95. The Labute approximate surface area is 177 Å². The molecule has 1 N–H and O–H groups in total. The molecule has 1 aromatic carbocycles. The van der Waals surface area contributed by atoms with E-state index in [0.29, 0.717) is 13.0 Å². The molecular formula is C23H30N4O3. The van der Waals surface area contributed by atoms with E-state index in [4.69, 9.17) is 4.74 Å². The Morgan fingerprint density at radius 1 is 1.37 bits per heavy atom. The summed E-state index contributed by atoms with van der Waals surface area (Å²) < 4.78 is 5.30. The molecule has 2 aliphatic rings. The van der Waals surface area contributed by atoms with Crippen molar-refractivity contribution in [3.63, 3.8) is 0 Å². The van der Waals surface area contributed by atoms with Crippen LogP contribution in [0.3, 0.4) is 0 Å². The predicted molar refractivity (Wildman–Crippen MR) is 118 cm³/mol. The molecule has 0 bridgehead atoms. The third-order valence-corrected chi connectivity index (χ3v) is 5.07. The van der Waals surface area contributed by atoms with E-state index in [-0.39, 0.29) is 6.04 Å². The number of ether oxygens (including phenoxy) is 1. The molecule has 2 aliphatic heterocycles. The number of carbonyl (C=O) groups excluding carboxylic acids is 2. The van der Waals surface area contributed by atoms with Gasteiger partial charge in [0, 0.05) is 19.2 Å². The standard InChI is InChI=1S/C23H30N4O3/c1-16-11-18(8-9-19(16)13-24-22(29)30-23(2,3)4)21-20-12-17(7-5-6-10-28)14-27(20)26-15-25-21/h8-11,14-15,20H,5-7,12-13H2,1-4H3,(H,24,29). The van der Waals surface area contributed by atoms with E-state index < -0.39 is 11.7 Å². The fourth-order valence-electron chi connectivity index (χ4n) is 3.62. The number of hydrazone groups is 1. The summed E-state index contributed by atoms with van der Waals surface area (Å²) >= 11 is 0. The molecule has 0 fully saturated rings. The second-order valence-corrected chi connectivity index (χ2v) is 8.69. The zero-order chi connectivity index (χ0) is 21.7. The average Bonchev–Trinajstić information content (AvgIpc) is 3.08. The molecule has 1 aromatic rings. The monoisotopic (exact) mass is 410 g/mol. The van der Waals surface area contributed by atoms with Gasteiger partial charge in [0.1, 0.15) is 18.2 Å². The number of aryl methyl sites for hydroxylation is 1. The number of nitrogens with one attached hydrogen (secondary N) is 1. The van der Waals surface area contributed by atoms with Crippen molar-refractivity contribution in [1.82, 2.24) is 10.3 Å². The van der Waals surface area contributed by atoms with Gasteiger partial charge in [-0.05, 0) is 75.3 Å². The van der Waals surface area contributed by atoms with Crippen molar-refractivity contribution in [1.29, 1.82) is 0 Å². The second-order valence-electron chi connectivity index (χ2n) is 8.69. The number of hydrogen-bond donors (Lipinski definition) is 1. The van der Waals surface area contributed by atoms with Crippen LogP contribution in [0.5, 0.6) is 0 Å². The summed E-state index contributed by atoms with van der Waals surface area (Å²) in [5, 5.41) is 9.15. The van der Waals surface area contributed by atoms with Gasteiger partial charge in [0.05, 0.1) is 11.8 Å². The van der Waals surface area contributed by atoms with Crippen LogP contribution < -0.4 is 5.32 Å². The van der Waals surface area contributed by atoms with E-state index in [2.05, 4.69) is 27.7 Å². The molecule has 0 radical (unpaired) electrons. The van der Waals surface area contributed by atoms with Crippen LogP contribution in [0.25, 0.3) is 0 Å². The summed E-state index contributed by atoms with van der Waals surface area (Å²) in [6, 6.07) is 6.26. The first-order chi connectivity index (χ1) is 14.3. The van der Waals surface area contributed by atoms with Crippen LogP contribution in [0.15, 0.2) is 40.1 Å². The highest BCUT2D eigenvalue weighted by atomic mass is 16.6. The number of amides is 1. The van der Waals surface area contributed by atoms with Crippen molar-refractivity contribution >= 4 is 24.4 Å². The van der Waals surface area contributed by atoms with E-state index in [1.165, 1.54) is 5.57 Å². The average molecular weight is 411 g/mol. The number of fused-ring (bicyclic) bond motifs is 1. The summed E-state index contributed by atoms with van der Waals surface area (Å²) in [5.74, 6) is 0. The summed E-state index contributed by atoms with van der Waals surface area (Å²) in [6.45, 7) is 7.97. The molecule has 1 unspecified atom stereocenters. The lowest BCUT2D eigenvalue weighted by molar-refractivity contribution is -0.107. The Balaban J connectivity index is 1.65. The van der Waals surface area contributed by atoms with Crippen LogP contribution in [0, 0.1) is 6.92 Å². The lowest BCUT2D eigenvalue weighted by Gasteiger charge is -2.25. The topological polar surface area (TPSA) is 83.4 Å². The molecule has 7 nitrogen and oxygen atoms in total. The van der Waals surface area contributed by atoms with Crippen molar-refractivity contribution < 1.29 is 14.3 Å². The summed E-state index contributed by atoms with van der Waals surface area (Å²) in [5.41, 5.74) is 4.93. The predicted octanol–water partition coefficient (Wildman–Crippen LogP) is 4.09. The molecule has 0 aliphatic carbocycles. The van der Waals surface area contributed by atoms with Crippen molar-refractivity contribution in [2.75, 3.05) is 0 Å². The maximum atomic E-state index is 11.9. The Hall–Kier alpha value is -2.96. The first-order valence-electron chi connectivity index (χ1n) is 10.4. The van der Waals surface area contributed by atoms with Gasteiger partial charge in [-0.2, -0.15) is 5.10 Å². The number of hydrogen-bond acceptors (Lipinski definition) is 6. The zero-order valence-corrected chi connectivity index (χ0v) is 18.1. The van der Waals surface area contributed by atoms with E-state index >= 15 is 0 Å². The summed E-state index contributed by atoms with van der Waals surface area (Å²) in [7, 11) is 0. The summed E-state index contributed by atoms with van der Waals surface area (Å²) in [4.78, 5) is 27.0. The summed E-state index contributed by atoms with van der Waals surface area (Å²) in [6.07, 6.45) is 7.44. The van der Waals surface area contributed by atoms with Gasteiger partial charge in [-0.3, -0.25) is 5.01 Å². The molecule has 3 rings (SSSR count). The van der Waals surface area contributed by atoms with Gasteiger partial charge in [-0.25, -0.2) is 9.79 Å². The van der Waals surface area contributed by atoms with Crippen LogP contribution in [0.4, 0.5) is 4.79 Å². The minimum absolute atomic E-state index is 0.0892. The number of carbonyl (C=O) groups is 2. The SMILES string of the molecule is Cc1cc(C2=NC=NN3C=C(CCCC=O)CC23)ccc1CNC(=O)OC(C)(C)C. The van der Waals surface area contributed by atoms with Crippen LogP contribution >= 0.6 is 0 Å². The third kappa shape index (κ3) is 5.55. The molecule has 1 atom stereocenters. The fourth-order valence-corrected chi connectivity index (χ4v) is 3.62. The largest absolute Gasteiger partial charge is 0.444 e. The Bertz CT molecular complexity index is 896. The van der Waals surface area contributed by atoms with Gasteiger partial charge in [-0.1, -0.05) is 12.1 Å². The Morgan fingerprint density at radius 3 is 2.87 bits per heavy atom. The highest BCUT2D eigenvalue weighted by Crippen LogP contribution is 2.30. The molecule has 2 heterocycles. The van der Waals surface area contributed by atoms with Crippen molar-refractivity contribution in [2.45, 2.75) is 71.6 Å². The molecule has 0 aromatic heterocycles. The lowest BCUT2D eigenvalue weighted by Crippen LogP contribution is -2.34. The zero-order valence-electron chi connectivity index (χ0n) is 18.1. The number of aliphatic imine (C=N–C) groups is 1. The van der Waals surface area contributed by atoms with Gasteiger partial charge >= 0.3 is 6.09 Å². The number of nitrogens with zero attached hydrogens (tertiary/aromatic N) is 3. The van der Waals surface area contributed by atoms with Crippen LogP contribution in [0.1, 0.15) is 63.1 Å². The van der Waals surface area contributed by atoms with Crippen molar-refractivity contribution in [3.8, 4) is 0 Å². The maximum absolute atomic E-state index is 11.9. The molecule has 0 saturated heterocycles. The highest BCUT2D eigenvalue weighted by Gasteiger charge is 2.31. The van der Waals surface area contributed by atoms with Gasteiger partial charge in [-0.15, -0.1) is 0 Å². The van der Waals surface area contributed by atoms with Gasteiger partial charge < -0.3 is 14.8 Å². The number of aldehydes is 1. The van der Waals surface area contributed by atoms with Crippen LogP contribution in [-0.4, -0.2) is 41.1 Å². The van der Waals surface area contributed by atoms with E-state index in [9.17, 15) is 9.59 Å². The van der Waals surface area contributed by atoms with E-state index in [0.717, 1.165) is 48.0 Å². The molecule has 1 amide bonds. The second kappa shape index (κ2) is 9.24. The molecule has 30 heavy (non-hydrogen) atoms. The first-order valence-corrected chi connectivity index (χ1v) is 10.4. The number of rotatable bonds is 7. The number of alkyl carbamates (subject to hydrolysis) is 1. The maximum Gasteiger partial charge on any atom is 0.407 e. The van der Waals surface area contributed by atoms with Gasteiger partial charge in [0.15, 0.2) is 0 Å². The normalized spacial score (nSPS) is 17.9. The minimum Gasteiger partial charge on any atom is -0.444 e. The van der Waals surface area contributed by atoms with Crippen molar-refractivity contribution in [2.24, 2.45) is 10.1 Å². The molecular weight excluding hydrogens is 380 g/mol.